The van der Waals surface area contributed by atoms with Gasteiger partial charge in [0, 0.05) is 24.9 Å². The van der Waals surface area contributed by atoms with Gasteiger partial charge >= 0.3 is 13.1 Å². The molecular weight excluding hydrogens is 373 g/mol. The van der Waals surface area contributed by atoms with Crippen molar-refractivity contribution in [3.05, 3.63) is 52.5 Å². The number of nitrogens with two attached hydrogens (primary N) is 1. The minimum atomic E-state index is -0.998. The molecule has 0 saturated carbocycles. The van der Waals surface area contributed by atoms with E-state index in [1.54, 1.807) is 12.1 Å². The van der Waals surface area contributed by atoms with Crippen LogP contribution in [0.2, 0.25) is 0 Å². The van der Waals surface area contributed by atoms with Crippen LogP contribution in [-0.2, 0) is 11.1 Å². The Morgan fingerprint density at radius 2 is 2.31 bits per heavy atom. The van der Waals surface area contributed by atoms with E-state index in [1.165, 1.54) is 0 Å². The van der Waals surface area contributed by atoms with E-state index >= 15 is 0 Å². The number of hydrazine groups is 2. The Labute approximate surface area is 170 Å². The van der Waals surface area contributed by atoms with Gasteiger partial charge in [0.05, 0.1) is 23.8 Å². The number of carboxylic acids is 1. The standard InChI is InChI=1S/C19H26BN5O4/c1-25-16(15(23-24-25)6-3-8-21)11-13-7-9-28-20-17(22-13)10-12-4-2-5-14(19(26)27)18(12)29-20/h2,4-5,7,17,22-24H,3,6,8-11,21H2,1H3,(H,26,27)/t17-/m0/s1. The molecule has 1 atom stereocenters. The first-order valence-electron chi connectivity index (χ1n) is 9.83. The van der Waals surface area contributed by atoms with Gasteiger partial charge < -0.3 is 30.9 Å². The smallest absolute Gasteiger partial charge is 0.534 e. The van der Waals surface area contributed by atoms with E-state index < -0.39 is 13.1 Å². The third-order valence-electron chi connectivity index (χ3n) is 5.41. The van der Waals surface area contributed by atoms with E-state index in [9.17, 15) is 9.90 Å². The van der Waals surface area contributed by atoms with Crippen LogP contribution in [0.25, 0.3) is 0 Å². The molecule has 3 aliphatic rings. The lowest BCUT2D eigenvalue weighted by Gasteiger charge is -2.31. The van der Waals surface area contributed by atoms with Crippen LogP contribution < -0.4 is 26.7 Å². The highest BCUT2D eigenvalue weighted by Crippen LogP contribution is 2.32. The van der Waals surface area contributed by atoms with Gasteiger partial charge in [0.25, 0.3) is 0 Å². The summed E-state index contributed by atoms with van der Waals surface area (Å²) in [7, 11) is 1.43. The molecular formula is C19H26BN5O4. The largest absolute Gasteiger partial charge is 0.549 e. The molecule has 0 saturated heterocycles. The lowest BCUT2D eigenvalue weighted by molar-refractivity contribution is 0.0694. The number of carboxylic acid groups (broad SMARTS) is 1. The maximum atomic E-state index is 11.5. The lowest BCUT2D eigenvalue weighted by Crippen LogP contribution is -2.51. The van der Waals surface area contributed by atoms with Crippen molar-refractivity contribution >= 4 is 13.1 Å². The number of para-hydroxylation sites is 1. The number of nitrogens with one attached hydrogen (secondary N) is 3. The fourth-order valence-corrected chi connectivity index (χ4v) is 3.90. The molecule has 29 heavy (non-hydrogen) atoms. The first-order valence-corrected chi connectivity index (χ1v) is 9.83. The predicted molar refractivity (Wildman–Crippen MR) is 108 cm³/mol. The van der Waals surface area contributed by atoms with E-state index in [2.05, 4.69) is 16.3 Å². The number of fused-ring (bicyclic) bond motifs is 2. The third-order valence-corrected chi connectivity index (χ3v) is 5.41. The summed E-state index contributed by atoms with van der Waals surface area (Å²) in [5.41, 5.74) is 16.4. The van der Waals surface area contributed by atoms with E-state index in [-0.39, 0.29) is 11.5 Å². The van der Waals surface area contributed by atoms with Crippen molar-refractivity contribution in [1.29, 1.82) is 0 Å². The Balaban J connectivity index is 1.51. The number of carbonyl (C=O) groups is 1. The molecule has 1 aromatic rings. The average Bonchev–Trinajstić information content (AvgIpc) is 2.92. The first-order chi connectivity index (χ1) is 14.1. The van der Waals surface area contributed by atoms with Crippen LogP contribution in [0.5, 0.6) is 5.75 Å². The summed E-state index contributed by atoms with van der Waals surface area (Å²) in [6.45, 7) is 1.04. The van der Waals surface area contributed by atoms with Crippen molar-refractivity contribution in [2.75, 3.05) is 20.2 Å². The Morgan fingerprint density at radius 3 is 3.10 bits per heavy atom. The highest BCUT2D eigenvalue weighted by atomic mass is 16.6. The van der Waals surface area contributed by atoms with Crippen LogP contribution in [0.3, 0.4) is 0 Å². The number of rotatable bonds is 6. The summed E-state index contributed by atoms with van der Waals surface area (Å²) < 4.78 is 11.8. The quantitative estimate of drug-likeness (QED) is 0.436. The van der Waals surface area contributed by atoms with Crippen LogP contribution >= 0.6 is 0 Å². The lowest BCUT2D eigenvalue weighted by atomic mass is 9.71. The van der Waals surface area contributed by atoms with Crippen LogP contribution in [-0.4, -0.2) is 49.3 Å². The van der Waals surface area contributed by atoms with Crippen molar-refractivity contribution in [1.82, 2.24) is 21.3 Å². The summed E-state index contributed by atoms with van der Waals surface area (Å²) in [6, 6.07) is 5.21. The zero-order valence-corrected chi connectivity index (χ0v) is 16.4. The number of allylic oxidation sites excluding steroid dienone is 1. The van der Waals surface area contributed by atoms with Gasteiger partial charge in [-0.3, -0.25) is 5.01 Å². The van der Waals surface area contributed by atoms with E-state index in [0.29, 0.717) is 31.7 Å². The molecule has 6 N–H and O–H groups in total. The minimum Gasteiger partial charge on any atom is -0.534 e. The second kappa shape index (κ2) is 8.36. The van der Waals surface area contributed by atoms with E-state index in [1.807, 2.05) is 24.2 Å². The average molecular weight is 399 g/mol. The molecule has 0 fully saturated rings. The Kier molecular flexibility index (Phi) is 5.66. The molecule has 0 spiro atoms. The number of hydrogen-bond acceptors (Lipinski definition) is 8. The van der Waals surface area contributed by atoms with Crippen molar-refractivity contribution in [3.63, 3.8) is 0 Å². The molecule has 0 unspecified atom stereocenters. The van der Waals surface area contributed by atoms with Crippen LogP contribution in [0.1, 0.15) is 35.2 Å². The predicted octanol–water partition coefficient (Wildman–Crippen LogP) is 0.515. The monoisotopic (exact) mass is 399 g/mol. The van der Waals surface area contributed by atoms with Crippen molar-refractivity contribution in [2.45, 2.75) is 31.6 Å². The Morgan fingerprint density at radius 1 is 1.45 bits per heavy atom. The molecule has 0 aromatic heterocycles. The number of hydrogen-bond donors (Lipinski definition) is 5. The molecule has 10 heteroatoms. The van der Waals surface area contributed by atoms with Gasteiger partial charge in [0.15, 0.2) is 0 Å². The van der Waals surface area contributed by atoms with E-state index in [0.717, 1.165) is 35.5 Å². The van der Waals surface area contributed by atoms with Gasteiger partial charge in [0.2, 0.25) is 0 Å². The summed E-state index contributed by atoms with van der Waals surface area (Å²) in [5.74, 6) is -0.690. The van der Waals surface area contributed by atoms with Crippen molar-refractivity contribution in [3.8, 4) is 5.75 Å². The maximum absolute atomic E-state index is 11.5. The number of nitrogens with zero attached hydrogens (tertiary/aromatic N) is 1. The zero-order valence-electron chi connectivity index (χ0n) is 16.4. The number of benzene rings is 1. The summed E-state index contributed by atoms with van der Waals surface area (Å²) in [4.78, 5) is 11.5. The molecule has 9 nitrogen and oxygen atoms in total. The van der Waals surface area contributed by atoms with Gasteiger partial charge in [0.1, 0.15) is 5.75 Å². The van der Waals surface area contributed by atoms with Crippen LogP contribution in [0.4, 0.5) is 0 Å². The van der Waals surface area contributed by atoms with E-state index in [4.69, 9.17) is 15.0 Å². The fraction of sp³-hybridized carbons (Fsp3) is 0.421. The highest BCUT2D eigenvalue weighted by molar-refractivity contribution is 6.48. The third kappa shape index (κ3) is 4.05. The second-order valence-electron chi connectivity index (χ2n) is 7.39. The van der Waals surface area contributed by atoms with Gasteiger partial charge in [-0.2, -0.15) is 0 Å². The Bertz CT molecular complexity index is 859. The van der Waals surface area contributed by atoms with Crippen LogP contribution in [0.15, 0.2) is 41.4 Å². The summed E-state index contributed by atoms with van der Waals surface area (Å²) in [5, 5.41) is 15.0. The zero-order chi connectivity index (χ0) is 20.4. The molecule has 1 aromatic carbocycles. The Hall–Kier alpha value is -2.69. The van der Waals surface area contributed by atoms with Gasteiger partial charge in [-0.15, -0.1) is 5.53 Å². The molecule has 3 aliphatic heterocycles. The van der Waals surface area contributed by atoms with Gasteiger partial charge in [-0.25, -0.2) is 4.79 Å². The molecule has 4 rings (SSSR count). The van der Waals surface area contributed by atoms with Gasteiger partial charge in [-0.1, -0.05) is 12.1 Å². The molecule has 0 aliphatic carbocycles. The topological polar surface area (TPSA) is 121 Å². The number of aromatic carboxylic acids is 1. The fourth-order valence-electron chi connectivity index (χ4n) is 3.90. The summed E-state index contributed by atoms with van der Waals surface area (Å²) in [6.07, 6.45) is 5.16. The molecule has 0 radical (unpaired) electrons. The second-order valence-corrected chi connectivity index (χ2v) is 7.39. The minimum absolute atomic E-state index is 0.0963. The van der Waals surface area contributed by atoms with Crippen molar-refractivity contribution in [2.24, 2.45) is 5.73 Å². The van der Waals surface area contributed by atoms with Gasteiger partial charge in [-0.05, 0) is 43.5 Å². The maximum Gasteiger partial charge on any atom is 0.549 e. The molecule has 0 amide bonds. The normalized spacial score (nSPS) is 20.8. The summed E-state index contributed by atoms with van der Waals surface area (Å²) >= 11 is 0. The van der Waals surface area contributed by atoms with Crippen molar-refractivity contribution < 1.29 is 19.2 Å². The SMILES string of the molecule is CN1NNC(CCCN)=C1CC1=CCOB2Oc3c(cccc3C(=O)O)C[C@@H]2N1. The molecule has 0 bridgehead atoms. The molecule has 3 heterocycles. The van der Waals surface area contributed by atoms with Crippen LogP contribution in [0, 0.1) is 0 Å². The highest BCUT2D eigenvalue weighted by Gasteiger charge is 2.40. The molecule has 154 valence electrons. The first kappa shape index (κ1) is 19.6.